The van der Waals surface area contributed by atoms with Crippen molar-refractivity contribution in [2.45, 2.75) is 59.5 Å². The van der Waals surface area contributed by atoms with Crippen molar-refractivity contribution in [2.24, 2.45) is 5.92 Å². The molecule has 0 aromatic heterocycles. The van der Waals surface area contributed by atoms with E-state index in [0.29, 0.717) is 12.1 Å². The molecule has 0 rings (SSSR count). The molecule has 92 valence electrons. The zero-order valence-electron chi connectivity index (χ0n) is 11.5. The fraction of sp³-hybridized carbons (Fsp3) is 1.00. The van der Waals surface area contributed by atoms with E-state index in [2.05, 4.69) is 51.9 Å². The van der Waals surface area contributed by atoms with Crippen LogP contribution < -0.4 is 5.32 Å². The smallest absolute Gasteiger partial charge is 0.0217 e. The number of rotatable bonds is 8. The summed E-state index contributed by atoms with van der Waals surface area (Å²) in [4.78, 5) is 2.53. The van der Waals surface area contributed by atoms with Crippen LogP contribution in [0.3, 0.4) is 0 Å². The largest absolute Gasteiger partial charge is 0.315 e. The van der Waals surface area contributed by atoms with Gasteiger partial charge in [0.05, 0.1) is 0 Å². The Morgan fingerprint density at radius 2 is 1.73 bits per heavy atom. The van der Waals surface area contributed by atoms with Crippen molar-refractivity contribution < 1.29 is 0 Å². The molecule has 0 heterocycles. The van der Waals surface area contributed by atoms with E-state index in [-0.39, 0.29) is 0 Å². The van der Waals surface area contributed by atoms with Crippen molar-refractivity contribution in [2.75, 3.05) is 20.1 Å². The maximum atomic E-state index is 3.45. The molecule has 2 nitrogen and oxygen atoms in total. The second kappa shape index (κ2) is 8.12. The Balaban J connectivity index is 4.05. The summed E-state index contributed by atoms with van der Waals surface area (Å²) in [5.41, 5.74) is 0. The normalized spacial score (nSPS) is 16.0. The van der Waals surface area contributed by atoms with Crippen LogP contribution in [0, 0.1) is 5.92 Å². The van der Waals surface area contributed by atoms with Crippen molar-refractivity contribution >= 4 is 0 Å². The van der Waals surface area contributed by atoms with Crippen LogP contribution in [0.4, 0.5) is 0 Å². The van der Waals surface area contributed by atoms with Gasteiger partial charge in [0.15, 0.2) is 0 Å². The lowest BCUT2D eigenvalue weighted by molar-refractivity contribution is 0.158. The molecule has 0 fully saturated rings. The summed E-state index contributed by atoms with van der Waals surface area (Å²) >= 11 is 0. The predicted octanol–water partition coefficient (Wildman–Crippen LogP) is 2.74. The average Bonchev–Trinajstić information content (AvgIpc) is 2.17. The predicted molar refractivity (Wildman–Crippen MR) is 69.3 cm³/mol. The first-order valence-electron chi connectivity index (χ1n) is 6.45. The Labute approximate surface area is 96.4 Å². The first kappa shape index (κ1) is 14.9. The SMILES string of the molecule is CCNCC(CC)N(C)C(C)CC(C)C. The van der Waals surface area contributed by atoms with Gasteiger partial charge in [-0.05, 0) is 39.3 Å². The average molecular weight is 214 g/mol. The molecule has 2 heteroatoms. The lowest BCUT2D eigenvalue weighted by Crippen LogP contribution is -2.44. The molecule has 0 radical (unpaired) electrons. The minimum atomic E-state index is 0.679. The summed E-state index contributed by atoms with van der Waals surface area (Å²) in [6.07, 6.45) is 2.52. The fourth-order valence-corrected chi connectivity index (χ4v) is 2.10. The van der Waals surface area contributed by atoms with E-state index in [0.717, 1.165) is 19.0 Å². The second-order valence-electron chi connectivity index (χ2n) is 5.01. The summed E-state index contributed by atoms with van der Waals surface area (Å²) in [5.74, 6) is 0.791. The van der Waals surface area contributed by atoms with Crippen LogP contribution >= 0.6 is 0 Å². The molecule has 0 saturated heterocycles. The topological polar surface area (TPSA) is 15.3 Å². The molecule has 0 saturated carbocycles. The van der Waals surface area contributed by atoms with E-state index in [1.807, 2.05) is 0 Å². The number of likely N-dealkylation sites (N-methyl/N-ethyl adjacent to an activating group) is 2. The highest BCUT2D eigenvalue weighted by Crippen LogP contribution is 2.13. The monoisotopic (exact) mass is 214 g/mol. The highest BCUT2D eigenvalue weighted by molar-refractivity contribution is 4.75. The number of hydrogen-bond acceptors (Lipinski definition) is 2. The molecule has 2 unspecified atom stereocenters. The summed E-state index contributed by atoms with van der Waals surface area (Å²) in [6.45, 7) is 13.6. The fourth-order valence-electron chi connectivity index (χ4n) is 2.10. The van der Waals surface area contributed by atoms with Crippen LogP contribution in [0.15, 0.2) is 0 Å². The zero-order chi connectivity index (χ0) is 11.8. The molecule has 0 amide bonds. The minimum Gasteiger partial charge on any atom is -0.315 e. The summed E-state index contributed by atoms with van der Waals surface area (Å²) in [6, 6.07) is 1.37. The Hall–Kier alpha value is -0.0800. The van der Waals surface area contributed by atoms with Gasteiger partial charge in [0, 0.05) is 18.6 Å². The summed E-state index contributed by atoms with van der Waals surface area (Å²) in [7, 11) is 2.26. The van der Waals surface area contributed by atoms with Crippen LogP contribution in [0.1, 0.15) is 47.5 Å². The van der Waals surface area contributed by atoms with E-state index < -0.39 is 0 Å². The lowest BCUT2D eigenvalue weighted by atomic mass is 10.0. The molecular weight excluding hydrogens is 184 g/mol. The maximum absolute atomic E-state index is 3.45. The van der Waals surface area contributed by atoms with E-state index in [1.54, 1.807) is 0 Å². The zero-order valence-corrected chi connectivity index (χ0v) is 11.5. The Morgan fingerprint density at radius 3 is 2.13 bits per heavy atom. The molecule has 0 aliphatic rings. The van der Waals surface area contributed by atoms with Crippen molar-refractivity contribution in [1.29, 1.82) is 0 Å². The van der Waals surface area contributed by atoms with Crippen molar-refractivity contribution in [3.63, 3.8) is 0 Å². The Kier molecular flexibility index (Phi) is 8.07. The Morgan fingerprint density at radius 1 is 1.13 bits per heavy atom. The van der Waals surface area contributed by atoms with Gasteiger partial charge in [0.2, 0.25) is 0 Å². The van der Waals surface area contributed by atoms with Gasteiger partial charge >= 0.3 is 0 Å². The molecular formula is C13H30N2. The number of hydrogen-bond donors (Lipinski definition) is 1. The van der Waals surface area contributed by atoms with Gasteiger partial charge < -0.3 is 5.32 Å². The highest BCUT2D eigenvalue weighted by atomic mass is 15.2. The second-order valence-corrected chi connectivity index (χ2v) is 5.01. The third-order valence-corrected chi connectivity index (χ3v) is 3.18. The molecule has 2 atom stereocenters. The van der Waals surface area contributed by atoms with E-state index in [1.165, 1.54) is 12.8 Å². The molecule has 0 aliphatic heterocycles. The highest BCUT2D eigenvalue weighted by Gasteiger charge is 2.18. The van der Waals surface area contributed by atoms with Crippen LogP contribution in [-0.2, 0) is 0 Å². The summed E-state index contributed by atoms with van der Waals surface area (Å²) < 4.78 is 0. The van der Waals surface area contributed by atoms with Gasteiger partial charge in [-0.1, -0.05) is 27.7 Å². The maximum Gasteiger partial charge on any atom is 0.0217 e. The third-order valence-electron chi connectivity index (χ3n) is 3.18. The summed E-state index contributed by atoms with van der Waals surface area (Å²) in [5, 5.41) is 3.45. The molecule has 0 aliphatic carbocycles. The first-order chi connectivity index (χ1) is 7.02. The first-order valence-corrected chi connectivity index (χ1v) is 6.45. The van der Waals surface area contributed by atoms with Gasteiger partial charge in [-0.25, -0.2) is 0 Å². The third kappa shape index (κ3) is 6.16. The quantitative estimate of drug-likeness (QED) is 0.668. The minimum absolute atomic E-state index is 0.679. The standard InChI is InChI=1S/C13H30N2/c1-7-13(10-14-8-2)15(6)12(5)9-11(3)4/h11-14H,7-10H2,1-6H3. The van der Waals surface area contributed by atoms with Crippen molar-refractivity contribution in [3.8, 4) is 0 Å². The Bertz CT molecular complexity index is 145. The van der Waals surface area contributed by atoms with E-state index in [9.17, 15) is 0 Å². The van der Waals surface area contributed by atoms with E-state index >= 15 is 0 Å². The van der Waals surface area contributed by atoms with Gasteiger partial charge in [-0.15, -0.1) is 0 Å². The van der Waals surface area contributed by atoms with Crippen molar-refractivity contribution in [1.82, 2.24) is 10.2 Å². The molecule has 15 heavy (non-hydrogen) atoms. The van der Waals surface area contributed by atoms with Crippen LogP contribution in [0.5, 0.6) is 0 Å². The van der Waals surface area contributed by atoms with Gasteiger partial charge in [-0.2, -0.15) is 0 Å². The lowest BCUT2D eigenvalue weighted by Gasteiger charge is -2.33. The van der Waals surface area contributed by atoms with Gasteiger partial charge in [0.25, 0.3) is 0 Å². The van der Waals surface area contributed by atoms with Gasteiger partial charge in [0.1, 0.15) is 0 Å². The van der Waals surface area contributed by atoms with Crippen LogP contribution in [0.25, 0.3) is 0 Å². The van der Waals surface area contributed by atoms with Crippen molar-refractivity contribution in [3.05, 3.63) is 0 Å². The van der Waals surface area contributed by atoms with E-state index in [4.69, 9.17) is 0 Å². The van der Waals surface area contributed by atoms with Gasteiger partial charge in [-0.3, -0.25) is 4.90 Å². The van der Waals surface area contributed by atoms with Crippen LogP contribution in [0.2, 0.25) is 0 Å². The number of nitrogens with one attached hydrogen (secondary N) is 1. The van der Waals surface area contributed by atoms with Crippen LogP contribution in [-0.4, -0.2) is 37.1 Å². The molecule has 1 N–H and O–H groups in total. The molecule has 0 bridgehead atoms. The molecule has 0 aromatic carbocycles. The number of nitrogens with zero attached hydrogens (tertiary/aromatic N) is 1. The molecule has 0 aromatic rings. The molecule has 0 spiro atoms.